The summed E-state index contributed by atoms with van der Waals surface area (Å²) in [4.78, 5) is 2.56. The highest BCUT2D eigenvalue weighted by molar-refractivity contribution is 5.60. The number of hydrogen-bond acceptors (Lipinski definition) is 2. The van der Waals surface area contributed by atoms with Gasteiger partial charge in [-0.15, -0.1) is 0 Å². The average molecular weight is 418 g/mol. The van der Waals surface area contributed by atoms with E-state index in [4.69, 9.17) is 0 Å². The van der Waals surface area contributed by atoms with E-state index in [1.165, 1.54) is 28.8 Å². The Morgan fingerprint density at radius 1 is 1.06 bits per heavy atom. The molecule has 0 radical (unpaired) electrons. The van der Waals surface area contributed by atoms with Gasteiger partial charge < -0.3 is 0 Å². The first-order valence-electron chi connectivity index (χ1n) is 11.3. The summed E-state index contributed by atoms with van der Waals surface area (Å²) >= 11 is 0. The van der Waals surface area contributed by atoms with Gasteiger partial charge in [0.15, 0.2) is 0 Å². The molecule has 2 aromatic carbocycles. The zero-order chi connectivity index (χ0) is 22.0. The minimum atomic E-state index is -0.229. The van der Waals surface area contributed by atoms with E-state index in [9.17, 15) is 4.39 Å². The molecule has 31 heavy (non-hydrogen) atoms. The maximum absolute atomic E-state index is 13.4. The van der Waals surface area contributed by atoms with Crippen molar-refractivity contribution in [3.63, 3.8) is 0 Å². The van der Waals surface area contributed by atoms with Crippen molar-refractivity contribution in [2.75, 3.05) is 13.1 Å². The summed E-state index contributed by atoms with van der Waals surface area (Å²) < 4.78 is 15.3. The summed E-state index contributed by atoms with van der Waals surface area (Å²) in [5.41, 5.74) is 6.06. The fourth-order valence-electron chi connectivity index (χ4n) is 4.87. The first-order valence-corrected chi connectivity index (χ1v) is 11.3. The zero-order valence-electron chi connectivity index (χ0n) is 19.0. The molecule has 0 amide bonds. The Kier molecular flexibility index (Phi) is 6.10. The van der Waals surface area contributed by atoms with Gasteiger partial charge in [-0.1, -0.05) is 56.7 Å². The molecule has 1 aliphatic carbocycles. The number of benzene rings is 2. The van der Waals surface area contributed by atoms with Gasteiger partial charge in [0.2, 0.25) is 0 Å². The molecule has 0 saturated carbocycles. The number of nitrogens with zero attached hydrogens (tertiary/aromatic N) is 3. The van der Waals surface area contributed by atoms with Crippen LogP contribution in [0.3, 0.4) is 0 Å². The molecular formula is C27H32FN3. The number of allylic oxidation sites excluding steroid dienone is 1. The maximum Gasteiger partial charge on any atom is 0.123 e. The molecule has 3 nitrogen and oxygen atoms in total. The molecule has 0 fully saturated rings. The van der Waals surface area contributed by atoms with Crippen LogP contribution in [-0.2, 0) is 6.42 Å². The lowest BCUT2D eigenvalue weighted by atomic mass is 9.69. The van der Waals surface area contributed by atoms with E-state index < -0.39 is 0 Å². The average Bonchev–Trinajstić information content (AvgIpc) is 3.17. The molecule has 1 aromatic heterocycles. The third kappa shape index (κ3) is 4.22. The van der Waals surface area contributed by atoms with E-state index in [2.05, 4.69) is 74.1 Å². The minimum Gasteiger partial charge on any atom is -0.297 e. The highest BCUT2D eigenvalue weighted by atomic mass is 19.1. The molecule has 4 heteroatoms. The molecule has 2 atom stereocenters. The van der Waals surface area contributed by atoms with E-state index in [1.807, 2.05) is 10.9 Å². The quantitative estimate of drug-likeness (QED) is 0.440. The lowest BCUT2D eigenvalue weighted by Gasteiger charge is -2.41. The van der Waals surface area contributed by atoms with Gasteiger partial charge in [-0.25, -0.2) is 9.07 Å². The molecule has 0 saturated heterocycles. The fourth-order valence-corrected chi connectivity index (χ4v) is 4.87. The maximum atomic E-state index is 13.4. The van der Waals surface area contributed by atoms with E-state index in [-0.39, 0.29) is 11.2 Å². The van der Waals surface area contributed by atoms with Crippen molar-refractivity contribution in [3.05, 3.63) is 89.0 Å². The Labute approximate surface area is 185 Å². The Balaban J connectivity index is 1.67. The lowest BCUT2D eigenvalue weighted by molar-refractivity contribution is 0.161. The Morgan fingerprint density at radius 2 is 1.74 bits per heavy atom. The second-order valence-electron chi connectivity index (χ2n) is 8.86. The van der Waals surface area contributed by atoms with Crippen LogP contribution in [0.4, 0.5) is 4.39 Å². The van der Waals surface area contributed by atoms with Crippen LogP contribution in [0.15, 0.2) is 66.4 Å². The predicted molar refractivity (Wildman–Crippen MR) is 126 cm³/mol. The predicted octanol–water partition coefficient (Wildman–Crippen LogP) is 6.45. The summed E-state index contributed by atoms with van der Waals surface area (Å²) in [6, 6.07) is 17.8. The second-order valence-corrected chi connectivity index (χ2v) is 8.86. The standard InChI is InChI=1S/C27H32FN3/c1-5-30(6-2)26(21-10-8-7-9-11-21)18-27(4)17-22-19-29-31(25(22)16-20(27)3)24-14-12-23(28)13-15-24/h7-16,19,26H,5-6,17-18H2,1-4H3/t26-,27?/m1/s1. The van der Waals surface area contributed by atoms with Crippen molar-refractivity contribution < 1.29 is 4.39 Å². The van der Waals surface area contributed by atoms with E-state index >= 15 is 0 Å². The minimum absolute atomic E-state index is 0.0484. The number of halogens is 1. The van der Waals surface area contributed by atoms with Crippen LogP contribution >= 0.6 is 0 Å². The van der Waals surface area contributed by atoms with Crippen LogP contribution in [0.1, 0.15) is 57.0 Å². The summed E-state index contributed by atoms with van der Waals surface area (Å²) in [5.74, 6) is -0.229. The van der Waals surface area contributed by atoms with Gasteiger partial charge in [-0.05, 0) is 79.7 Å². The van der Waals surface area contributed by atoms with Crippen molar-refractivity contribution in [3.8, 4) is 5.69 Å². The third-order valence-corrected chi connectivity index (χ3v) is 6.92. The summed E-state index contributed by atoms with van der Waals surface area (Å²) in [7, 11) is 0. The first-order chi connectivity index (χ1) is 14.9. The SMILES string of the molecule is CCN(CC)[C@H](CC1(C)Cc2cnn(-c3ccc(F)cc3)c2C=C1C)c1ccccc1. The number of aromatic nitrogens is 2. The van der Waals surface area contributed by atoms with Crippen LogP contribution in [0.5, 0.6) is 0 Å². The fraction of sp³-hybridized carbons (Fsp3) is 0.370. The van der Waals surface area contributed by atoms with E-state index in [0.717, 1.165) is 37.3 Å². The highest BCUT2D eigenvalue weighted by Gasteiger charge is 2.36. The van der Waals surface area contributed by atoms with Gasteiger partial charge in [-0.3, -0.25) is 4.90 Å². The van der Waals surface area contributed by atoms with Crippen LogP contribution in [0.2, 0.25) is 0 Å². The van der Waals surface area contributed by atoms with Crippen LogP contribution < -0.4 is 0 Å². The van der Waals surface area contributed by atoms with Gasteiger partial charge in [0.25, 0.3) is 0 Å². The topological polar surface area (TPSA) is 21.1 Å². The summed E-state index contributed by atoms with van der Waals surface area (Å²) in [5, 5.41) is 4.64. The molecule has 0 bridgehead atoms. The molecule has 1 unspecified atom stereocenters. The van der Waals surface area contributed by atoms with Crippen LogP contribution in [-0.4, -0.2) is 27.8 Å². The number of hydrogen-bond donors (Lipinski definition) is 0. The van der Waals surface area contributed by atoms with Crippen molar-refractivity contribution >= 4 is 6.08 Å². The van der Waals surface area contributed by atoms with E-state index in [0.29, 0.717) is 6.04 Å². The van der Waals surface area contributed by atoms with Crippen LogP contribution in [0, 0.1) is 11.2 Å². The van der Waals surface area contributed by atoms with Crippen molar-refractivity contribution in [1.82, 2.24) is 14.7 Å². The Bertz CT molecular complexity index is 1050. The Hall–Kier alpha value is -2.72. The highest BCUT2D eigenvalue weighted by Crippen LogP contribution is 2.45. The van der Waals surface area contributed by atoms with Gasteiger partial charge in [0.05, 0.1) is 17.6 Å². The van der Waals surface area contributed by atoms with Crippen molar-refractivity contribution in [2.24, 2.45) is 5.41 Å². The number of rotatable bonds is 7. The molecular weight excluding hydrogens is 385 g/mol. The molecule has 1 aliphatic rings. The third-order valence-electron chi connectivity index (χ3n) is 6.92. The first kappa shape index (κ1) is 21.5. The van der Waals surface area contributed by atoms with Gasteiger partial charge in [0, 0.05) is 6.04 Å². The second kappa shape index (κ2) is 8.80. The molecule has 4 rings (SSSR count). The van der Waals surface area contributed by atoms with Crippen molar-refractivity contribution in [2.45, 2.75) is 46.6 Å². The van der Waals surface area contributed by atoms with Crippen molar-refractivity contribution in [1.29, 1.82) is 0 Å². The molecule has 0 N–H and O–H groups in total. The van der Waals surface area contributed by atoms with E-state index in [1.54, 1.807) is 12.1 Å². The molecule has 0 aliphatic heterocycles. The largest absolute Gasteiger partial charge is 0.297 e. The van der Waals surface area contributed by atoms with Gasteiger partial charge >= 0.3 is 0 Å². The summed E-state index contributed by atoms with van der Waals surface area (Å²) in [6.07, 6.45) is 6.27. The van der Waals surface area contributed by atoms with Crippen LogP contribution in [0.25, 0.3) is 11.8 Å². The molecule has 0 spiro atoms. The molecule has 3 aromatic rings. The monoisotopic (exact) mass is 417 g/mol. The summed E-state index contributed by atoms with van der Waals surface area (Å²) in [6.45, 7) is 11.2. The van der Waals surface area contributed by atoms with Gasteiger partial charge in [0.1, 0.15) is 5.82 Å². The zero-order valence-corrected chi connectivity index (χ0v) is 19.0. The molecule has 162 valence electrons. The number of fused-ring (bicyclic) bond motifs is 1. The normalized spacial score (nSPS) is 19.2. The smallest absolute Gasteiger partial charge is 0.123 e. The lowest BCUT2D eigenvalue weighted by Crippen LogP contribution is -2.35. The van der Waals surface area contributed by atoms with Gasteiger partial charge in [-0.2, -0.15) is 5.10 Å². The Morgan fingerprint density at radius 3 is 2.39 bits per heavy atom. The molecule has 1 heterocycles.